The van der Waals surface area contributed by atoms with E-state index in [4.69, 9.17) is 0 Å². The van der Waals surface area contributed by atoms with Crippen molar-refractivity contribution in [1.82, 2.24) is 10.2 Å². The Hall–Kier alpha value is -1.17. The van der Waals surface area contributed by atoms with Crippen LogP contribution in [0.2, 0.25) is 0 Å². The molecule has 0 saturated heterocycles. The zero-order valence-electron chi connectivity index (χ0n) is 12.4. The van der Waals surface area contributed by atoms with E-state index in [1.807, 2.05) is 0 Å². The number of rotatable bonds is 5. The van der Waals surface area contributed by atoms with Gasteiger partial charge < -0.3 is 10.2 Å². The number of fused-ring (bicyclic) bond motifs is 1. The van der Waals surface area contributed by atoms with Crippen molar-refractivity contribution in [2.45, 2.75) is 25.3 Å². The number of carbonyl (C=O) groups is 1. The molecule has 1 unspecified atom stereocenters. The summed E-state index contributed by atoms with van der Waals surface area (Å²) in [6, 6.07) is 6.50. The van der Waals surface area contributed by atoms with Crippen LogP contribution in [-0.2, 0) is 12.8 Å². The molecule has 0 spiro atoms. The average Bonchev–Trinajstić information content (AvgIpc) is 3.14. The van der Waals surface area contributed by atoms with Crippen molar-refractivity contribution in [3.63, 3.8) is 0 Å². The van der Waals surface area contributed by atoms with E-state index in [9.17, 15) is 4.79 Å². The van der Waals surface area contributed by atoms with Gasteiger partial charge in [0, 0.05) is 16.3 Å². The summed E-state index contributed by atoms with van der Waals surface area (Å²) in [7, 11) is 4.10. The van der Waals surface area contributed by atoms with Gasteiger partial charge in [-0.3, -0.25) is 4.79 Å². The van der Waals surface area contributed by atoms with Crippen LogP contribution in [-0.4, -0.2) is 31.4 Å². The number of carbonyl (C=O) groups excluding carboxylic acids is 1. The van der Waals surface area contributed by atoms with E-state index in [1.165, 1.54) is 21.7 Å². The first-order chi connectivity index (χ1) is 10.1. The Balaban J connectivity index is 1.64. The minimum absolute atomic E-state index is 0.0674. The third-order valence-electron chi connectivity index (χ3n) is 3.92. The lowest BCUT2D eigenvalue weighted by atomic mass is 10.2. The van der Waals surface area contributed by atoms with Crippen molar-refractivity contribution in [2.75, 3.05) is 20.6 Å². The Morgan fingerprint density at radius 2 is 2.29 bits per heavy atom. The van der Waals surface area contributed by atoms with Gasteiger partial charge in [0.25, 0.3) is 5.91 Å². The van der Waals surface area contributed by atoms with Crippen LogP contribution >= 0.6 is 22.7 Å². The van der Waals surface area contributed by atoms with Gasteiger partial charge in [-0.1, -0.05) is 6.07 Å². The fourth-order valence-electron chi connectivity index (χ4n) is 2.74. The number of amides is 1. The predicted molar refractivity (Wildman–Crippen MR) is 89.4 cm³/mol. The van der Waals surface area contributed by atoms with Crippen molar-refractivity contribution in [1.29, 1.82) is 0 Å². The van der Waals surface area contributed by atoms with Crippen molar-refractivity contribution in [3.8, 4) is 0 Å². The van der Waals surface area contributed by atoms with Gasteiger partial charge >= 0.3 is 0 Å². The maximum Gasteiger partial charge on any atom is 0.261 e. The molecule has 1 aliphatic carbocycles. The van der Waals surface area contributed by atoms with Crippen LogP contribution in [0, 0.1) is 0 Å². The summed E-state index contributed by atoms with van der Waals surface area (Å²) in [4.78, 5) is 18.0. The molecule has 3 nitrogen and oxygen atoms in total. The largest absolute Gasteiger partial charge is 0.349 e. The fraction of sp³-hybridized carbons (Fsp3) is 0.438. The van der Waals surface area contributed by atoms with E-state index in [2.05, 4.69) is 47.9 Å². The highest BCUT2D eigenvalue weighted by atomic mass is 32.1. The third kappa shape index (κ3) is 3.20. The quantitative estimate of drug-likeness (QED) is 0.916. The lowest BCUT2D eigenvalue weighted by Gasteiger charge is -2.23. The molecule has 21 heavy (non-hydrogen) atoms. The maximum atomic E-state index is 12.3. The van der Waals surface area contributed by atoms with E-state index < -0.39 is 0 Å². The standard InChI is InChI=1S/C16H20N2OS2/c1-18(2)12(14-7-4-8-20-14)10-17-16(19)15-9-11-5-3-6-13(11)21-15/h4,7-9,12H,3,5-6,10H2,1-2H3,(H,17,19). The topological polar surface area (TPSA) is 32.3 Å². The van der Waals surface area contributed by atoms with Gasteiger partial charge in [0.1, 0.15) is 0 Å². The highest BCUT2D eigenvalue weighted by Gasteiger charge is 2.20. The Morgan fingerprint density at radius 1 is 1.43 bits per heavy atom. The van der Waals surface area contributed by atoms with E-state index >= 15 is 0 Å². The molecule has 3 rings (SSSR count). The van der Waals surface area contributed by atoms with Crippen molar-refractivity contribution < 1.29 is 4.79 Å². The molecule has 112 valence electrons. The third-order valence-corrected chi connectivity index (χ3v) is 6.13. The van der Waals surface area contributed by atoms with Crippen LogP contribution in [0.4, 0.5) is 0 Å². The van der Waals surface area contributed by atoms with Gasteiger partial charge in [0.05, 0.1) is 10.9 Å². The van der Waals surface area contributed by atoms with Gasteiger partial charge in [-0.25, -0.2) is 0 Å². The summed E-state index contributed by atoms with van der Waals surface area (Å²) < 4.78 is 0. The molecule has 0 aromatic carbocycles. The number of hydrogen-bond donors (Lipinski definition) is 1. The lowest BCUT2D eigenvalue weighted by Crippen LogP contribution is -2.33. The number of nitrogens with one attached hydrogen (secondary N) is 1. The van der Waals surface area contributed by atoms with E-state index in [0.717, 1.165) is 17.7 Å². The van der Waals surface area contributed by atoms with Gasteiger partial charge in [-0.2, -0.15) is 0 Å². The molecule has 0 saturated carbocycles. The summed E-state index contributed by atoms with van der Waals surface area (Å²) in [6.45, 7) is 0.648. The van der Waals surface area contributed by atoms with Crippen LogP contribution in [0.5, 0.6) is 0 Å². The second-order valence-electron chi connectivity index (χ2n) is 5.62. The molecule has 1 aliphatic rings. The van der Waals surface area contributed by atoms with E-state index in [-0.39, 0.29) is 11.9 Å². The Labute approximate surface area is 133 Å². The molecule has 1 N–H and O–H groups in total. The zero-order chi connectivity index (χ0) is 14.8. The van der Waals surface area contributed by atoms with Gasteiger partial charge in [0.15, 0.2) is 0 Å². The molecular weight excluding hydrogens is 300 g/mol. The highest BCUT2D eigenvalue weighted by Crippen LogP contribution is 2.30. The Kier molecular flexibility index (Phi) is 4.42. The van der Waals surface area contributed by atoms with Crippen molar-refractivity contribution >= 4 is 28.6 Å². The van der Waals surface area contributed by atoms with Crippen LogP contribution in [0.25, 0.3) is 0 Å². The number of thiophene rings is 2. The number of aryl methyl sites for hydroxylation is 2. The van der Waals surface area contributed by atoms with Crippen molar-refractivity contribution in [2.24, 2.45) is 0 Å². The predicted octanol–water partition coefficient (Wildman–Crippen LogP) is 3.33. The molecule has 0 aliphatic heterocycles. The van der Waals surface area contributed by atoms with E-state index in [0.29, 0.717) is 6.54 Å². The van der Waals surface area contributed by atoms with E-state index in [1.54, 1.807) is 22.7 Å². The summed E-state index contributed by atoms with van der Waals surface area (Å²) in [5, 5.41) is 5.17. The first-order valence-electron chi connectivity index (χ1n) is 7.25. The smallest absolute Gasteiger partial charge is 0.261 e. The summed E-state index contributed by atoms with van der Waals surface area (Å²) in [5.41, 5.74) is 1.38. The van der Waals surface area contributed by atoms with Crippen LogP contribution < -0.4 is 5.32 Å². The Bertz CT molecular complexity index is 595. The number of likely N-dealkylation sites (N-methyl/N-ethyl adjacent to an activating group) is 1. The molecule has 0 radical (unpaired) electrons. The molecule has 1 amide bonds. The minimum atomic E-state index is 0.0674. The molecular formula is C16H20N2OS2. The van der Waals surface area contributed by atoms with Crippen molar-refractivity contribution in [3.05, 3.63) is 43.8 Å². The first kappa shape index (κ1) is 14.8. The fourth-order valence-corrected chi connectivity index (χ4v) is 4.83. The highest BCUT2D eigenvalue weighted by molar-refractivity contribution is 7.14. The first-order valence-corrected chi connectivity index (χ1v) is 8.94. The van der Waals surface area contributed by atoms with Gasteiger partial charge in [-0.15, -0.1) is 22.7 Å². The molecule has 2 aromatic heterocycles. The van der Waals surface area contributed by atoms with Crippen LogP contribution in [0.15, 0.2) is 23.6 Å². The molecule has 0 fully saturated rings. The molecule has 2 heterocycles. The second-order valence-corrected chi connectivity index (χ2v) is 7.73. The monoisotopic (exact) mass is 320 g/mol. The summed E-state index contributed by atoms with van der Waals surface area (Å²) in [5.74, 6) is 0.0674. The second kappa shape index (κ2) is 6.30. The zero-order valence-corrected chi connectivity index (χ0v) is 14.0. The van der Waals surface area contributed by atoms with Gasteiger partial charge in [0.2, 0.25) is 0 Å². The molecule has 1 atom stereocenters. The molecule has 0 bridgehead atoms. The Morgan fingerprint density at radius 3 is 2.95 bits per heavy atom. The summed E-state index contributed by atoms with van der Waals surface area (Å²) in [6.07, 6.45) is 3.52. The average molecular weight is 320 g/mol. The normalized spacial score (nSPS) is 15.2. The summed E-state index contributed by atoms with van der Waals surface area (Å²) >= 11 is 3.40. The number of nitrogens with zero attached hydrogens (tertiary/aromatic N) is 1. The molecule has 5 heteroatoms. The number of hydrogen-bond acceptors (Lipinski definition) is 4. The SMILES string of the molecule is CN(C)C(CNC(=O)c1cc2c(s1)CCC2)c1cccs1. The molecule has 2 aromatic rings. The van der Waals surface area contributed by atoms with Gasteiger partial charge in [-0.05, 0) is 56.4 Å². The minimum Gasteiger partial charge on any atom is -0.349 e. The lowest BCUT2D eigenvalue weighted by molar-refractivity contribution is 0.0946. The maximum absolute atomic E-state index is 12.3. The van der Waals surface area contributed by atoms with Crippen LogP contribution in [0.1, 0.15) is 37.5 Å². The van der Waals surface area contributed by atoms with Crippen LogP contribution in [0.3, 0.4) is 0 Å².